The zero-order valence-electron chi connectivity index (χ0n) is 7.71. The lowest BCUT2D eigenvalue weighted by molar-refractivity contribution is 0.210. The van der Waals surface area contributed by atoms with Gasteiger partial charge in [0.1, 0.15) is 0 Å². The van der Waals surface area contributed by atoms with E-state index < -0.39 is 0 Å². The molecule has 0 aliphatic carbocycles. The third-order valence-corrected chi connectivity index (χ3v) is 1.71. The minimum atomic E-state index is 0.614. The summed E-state index contributed by atoms with van der Waals surface area (Å²) in [5, 5.41) is 14.2. The molecule has 14 heavy (non-hydrogen) atoms. The Bertz CT molecular complexity index is 413. The molecule has 2 rings (SSSR count). The van der Waals surface area contributed by atoms with Gasteiger partial charge >= 0.3 is 0 Å². The van der Waals surface area contributed by atoms with Crippen molar-refractivity contribution in [2.45, 2.75) is 0 Å². The van der Waals surface area contributed by atoms with Crippen LogP contribution in [0.4, 0.5) is 5.82 Å². The molecule has 0 unspecified atom stereocenters. The van der Waals surface area contributed by atoms with Gasteiger partial charge in [0.05, 0.1) is 12.8 Å². The van der Waals surface area contributed by atoms with Crippen LogP contribution >= 0.6 is 0 Å². The molecule has 0 aliphatic heterocycles. The Balaban J connectivity index is 2.19. The Labute approximate surface area is 80.1 Å². The second-order valence-corrected chi connectivity index (χ2v) is 2.64. The van der Waals surface area contributed by atoms with Gasteiger partial charge in [-0.15, -0.1) is 5.10 Å². The van der Waals surface area contributed by atoms with Crippen LogP contribution in [-0.4, -0.2) is 45.3 Å². The molecule has 0 radical (unpaired) electrons. The maximum absolute atomic E-state index is 4.91. The highest BCUT2D eigenvalue weighted by Crippen LogP contribution is 2.07. The third kappa shape index (κ3) is 1.62. The van der Waals surface area contributed by atoms with Crippen LogP contribution in [0.25, 0.3) is 5.65 Å². The molecule has 0 atom stereocenters. The topological polar surface area (TPSA) is 77.2 Å². The lowest BCUT2D eigenvalue weighted by Gasteiger charge is -2.03. The van der Waals surface area contributed by atoms with Gasteiger partial charge in [-0.05, 0) is 10.4 Å². The smallest absolute Gasteiger partial charge is 0.221 e. The van der Waals surface area contributed by atoms with Gasteiger partial charge in [0, 0.05) is 19.9 Å². The number of tetrazole rings is 1. The van der Waals surface area contributed by atoms with E-state index in [0.717, 1.165) is 0 Å². The summed E-state index contributed by atoms with van der Waals surface area (Å²) in [5.41, 5.74) is 0.614. The molecule has 0 spiro atoms. The first-order valence-electron chi connectivity index (χ1n) is 4.17. The number of methoxy groups -OCH3 is 1. The van der Waals surface area contributed by atoms with Crippen molar-refractivity contribution in [3.05, 3.63) is 12.4 Å². The molecule has 2 aromatic heterocycles. The summed E-state index contributed by atoms with van der Waals surface area (Å²) >= 11 is 0. The average molecular weight is 194 g/mol. The van der Waals surface area contributed by atoms with Crippen LogP contribution in [0.2, 0.25) is 0 Å². The number of hydrogen-bond acceptors (Lipinski definition) is 6. The summed E-state index contributed by atoms with van der Waals surface area (Å²) in [6, 6.07) is 0. The molecule has 0 aromatic carbocycles. The quantitative estimate of drug-likeness (QED) is 0.666. The standard InChI is InChI=1S/C7H10N6O/c1-14-5-3-9-6-7-10-11-12-13(7)4-2-8-6/h2,4H,3,5H2,1H3,(H,8,9). The third-order valence-electron chi connectivity index (χ3n) is 1.71. The molecule has 0 amide bonds. The monoisotopic (exact) mass is 194 g/mol. The Morgan fingerprint density at radius 3 is 3.36 bits per heavy atom. The summed E-state index contributed by atoms with van der Waals surface area (Å²) in [5.74, 6) is 0.662. The number of rotatable bonds is 4. The molecule has 7 nitrogen and oxygen atoms in total. The molecular weight excluding hydrogens is 184 g/mol. The maximum atomic E-state index is 4.91. The highest BCUT2D eigenvalue weighted by molar-refractivity contribution is 5.60. The minimum Gasteiger partial charge on any atom is -0.383 e. The van der Waals surface area contributed by atoms with Gasteiger partial charge in [0.25, 0.3) is 0 Å². The number of hydrogen-bond donors (Lipinski definition) is 1. The number of nitrogens with zero attached hydrogens (tertiary/aromatic N) is 5. The van der Waals surface area contributed by atoms with Crippen molar-refractivity contribution in [3.8, 4) is 0 Å². The Hall–Kier alpha value is -1.76. The second-order valence-electron chi connectivity index (χ2n) is 2.64. The van der Waals surface area contributed by atoms with Crippen LogP contribution in [0, 0.1) is 0 Å². The summed E-state index contributed by atoms with van der Waals surface area (Å²) in [7, 11) is 1.65. The first kappa shape index (κ1) is 8.82. The molecular formula is C7H10N6O. The van der Waals surface area contributed by atoms with Crippen molar-refractivity contribution in [3.63, 3.8) is 0 Å². The Morgan fingerprint density at radius 1 is 1.57 bits per heavy atom. The van der Waals surface area contributed by atoms with E-state index in [4.69, 9.17) is 4.74 Å². The van der Waals surface area contributed by atoms with Crippen LogP contribution in [0.3, 0.4) is 0 Å². The Kier molecular flexibility index (Phi) is 2.50. The van der Waals surface area contributed by atoms with Crippen molar-refractivity contribution < 1.29 is 4.74 Å². The summed E-state index contributed by atoms with van der Waals surface area (Å²) in [4.78, 5) is 4.12. The zero-order valence-corrected chi connectivity index (χ0v) is 7.71. The van der Waals surface area contributed by atoms with Gasteiger partial charge in [-0.25, -0.2) is 4.98 Å². The molecule has 7 heteroatoms. The summed E-state index contributed by atoms with van der Waals surface area (Å²) < 4.78 is 6.47. The molecule has 0 bridgehead atoms. The fourth-order valence-corrected chi connectivity index (χ4v) is 1.07. The van der Waals surface area contributed by atoms with Crippen LogP contribution in [0.1, 0.15) is 0 Å². The molecule has 2 heterocycles. The van der Waals surface area contributed by atoms with E-state index in [2.05, 4.69) is 25.8 Å². The van der Waals surface area contributed by atoms with E-state index in [1.165, 1.54) is 0 Å². The van der Waals surface area contributed by atoms with Crippen molar-refractivity contribution >= 4 is 11.5 Å². The van der Waals surface area contributed by atoms with E-state index in [1.807, 2.05) is 0 Å². The fourth-order valence-electron chi connectivity index (χ4n) is 1.07. The van der Waals surface area contributed by atoms with Crippen LogP contribution in [0.5, 0.6) is 0 Å². The lowest BCUT2D eigenvalue weighted by atomic mass is 10.5. The minimum absolute atomic E-state index is 0.614. The highest BCUT2D eigenvalue weighted by atomic mass is 16.5. The van der Waals surface area contributed by atoms with Crippen molar-refractivity contribution in [2.75, 3.05) is 25.6 Å². The number of aromatic nitrogens is 5. The van der Waals surface area contributed by atoms with Crippen LogP contribution in [-0.2, 0) is 4.74 Å². The predicted octanol–water partition coefficient (Wildman–Crippen LogP) is -0.422. The molecule has 0 saturated heterocycles. The first-order valence-corrected chi connectivity index (χ1v) is 4.17. The fraction of sp³-hybridized carbons (Fsp3) is 0.429. The van der Waals surface area contributed by atoms with Gasteiger partial charge in [-0.3, -0.25) is 0 Å². The average Bonchev–Trinajstić information content (AvgIpc) is 2.67. The molecule has 1 N–H and O–H groups in total. The van der Waals surface area contributed by atoms with E-state index >= 15 is 0 Å². The maximum Gasteiger partial charge on any atom is 0.221 e. The zero-order chi connectivity index (χ0) is 9.80. The van der Waals surface area contributed by atoms with Gasteiger partial charge in [0.2, 0.25) is 5.65 Å². The number of nitrogens with one attached hydrogen (secondary N) is 1. The van der Waals surface area contributed by atoms with E-state index in [1.54, 1.807) is 24.0 Å². The number of fused-ring (bicyclic) bond motifs is 1. The highest BCUT2D eigenvalue weighted by Gasteiger charge is 2.03. The summed E-state index contributed by atoms with van der Waals surface area (Å²) in [6.07, 6.45) is 3.33. The van der Waals surface area contributed by atoms with Crippen molar-refractivity contribution in [1.29, 1.82) is 0 Å². The SMILES string of the molecule is COCCNc1nccn2nnnc12. The molecule has 0 saturated carbocycles. The van der Waals surface area contributed by atoms with Gasteiger partial charge < -0.3 is 10.1 Å². The van der Waals surface area contributed by atoms with E-state index in [-0.39, 0.29) is 0 Å². The molecule has 0 aliphatic rings. The van der Waals surface area contributed by atoms with Gasteiger partial charge in [-0.1, -0.05) is 0 Å². The van der Waals surface area contributed by atoms with Crippen LogP contribution in [0.15, 0.2) is 12.4 Å². The number of ether oxygens (including phenoxy) is 1. The van der Waals surface area contributed by atoms with Crippen LogP contribution < -0.4 is 5.32 Å². The molecule has 74 valence electrons. The van der Waals surface area contributed by atoms with Gasteiger partial charge in [0.15, 0.2) is 5.82 Å². The molecule has 2 aromatic rings. The predicted molar refractivity (Wildman–Crippen MR) is 48.9 cm³/mol. The van der Waals surface area contributed by atoms with Crippen molar-refractivity contribution in [2.24, 2.45) is 0 Å². The first-order chi connectivity index (χ1) is 6.92. The van der Waals surface area contributed by atoms with Crippen molar-refractivity contribution in [1.82, 2.24) is 25.0 Å². The van der Waals surface area contributed by atoms with E-state index in [9.17, 15) is 0 Å². The second kappa shape index (κ2) is 3.97. The normalized spacial score (nSPS) is 10.6. The summed E-state index contributed by atoms with van der Waals surface area (Å²) in [6.45, 7) is 1.29. The lowest BCUT2D eigenvalue weighted by Crippen LogP contribution is -2.10. The Morgan fingerprint density at radius 2 is 2.50 bits per heavy atom. The van der Waals surface area contributed by atoms with Gasteiger partial charge in [-0.2, -0.15) is 4.52 Å². The van der Waals surface area contributed by atoms with E-state index in [0.29, 0.717) is 24.6 Å². The number of anilines is 1. The molecule has 0 fully saturated rings. The largest absolute Gasteiger partial charge is 0.383 e.